The van der Waals surface area contributed by atoms with Crippen molar-refractivity contribution >= 4 is 11.8 Å². The minimum Gasteiger partial charge on any atom is -0.459 e. The average Bonchev–Trinajstić information content (AvgIpc) is 2.67. The molecule has 3 rings (SSSR count). The lowest BCUT2D eigenvalue weighted by molar-refractivity contribution is -0.155. The van der Waals surface area contributed by atoms with Crippen LogP contribution in [0.3, 0.4) is 0 Å². The number of rotatable bonds is 0. The van der Waals surface area contributed by atoms with E-state index in [1.54, 1.807) is 0 Å². The number of esters is 1. The fourth-order valence-electron chi connectivity index (χ4n) is 4.29. The molecule has 3 atom stereocenters. The molecule has 0 radical (unpaired) electrons. The van der Waals surface area contributed by atoms with E-state index >= 15 is 0 Å². The summed E-state index contributed by atoms with van der Waals surface area (Å²) in [6, 6.07) is 0. The minimum absolute atomic E-state index is 0.0306. The maximum Gasteiger partial charge on any atom is 0.321 e. The molecule has 3 aliphatic rings. The highest BCUT2D eigenvalue weighted by atomic mass is 16.6. The second-order valence-corrected chi connectivity index (χ2v) is 6.13. The summed E-state index contributed by atoms with van der Waals surface area (Å²) in [6.45, 7) is 7.93. The van der Waals surface area contributed by atoms with E-state index in [9.17, 15) is 9.59 Å². The third-order valence-electron chi connectivity index (χ3n) is 5.00. The predicted octanol–water partition coefficient (Wildman–Crippen LogP) is 2.25. The van der Waals surface area contributed by atoms with Crippen LogP contribution in [0, 0.1) is 17.3 Å². The highest BCUT2D eigenvalue weighted by Gasteiger charge is 2.71. The molecule has 17 heavy (non-hydrogen) atoms. The maximum absolute atomic E-state index is 12.3. The fourth-order valence-corrected chi connectivity index (χ4v) is 4.29. The summed E-state index contributed by atoms with van der Waals surface area (Å²) >= 11 is 0. The number of carbonyl (C=O) groups is 2. The Kier molecular flexibility index (Phi) is 1.94. The lowest BCUT2D eigenvalue weighted by atomic mass is 9.57. The van der Waals surface area contributed by atoms with E-state index in [1.807, 2.05) is 13.8 Å². The first kappa shape index (κ1) is 11.0. The Bertz CT molecular complexity index is 435. The number of allylic oxidation sites excluding steroid dienone is 1. The Hall–Kier alpha value is -1.12. The van der Waals surface area contributed by atoms with E-state index < -0.39 is 11.0 Å². The summed E-state index contributed by atoms with van der Waals surface area (Å²) < 4.78 is 5.52. The molecular formula is C14H18O3. The third-order valence-corrected chi connectivity index (χ3v) is 5.00. The van der Waals surface area contributed by atoms with Crippen molar-refractivity contribution in [3.8, 4) is 0 Å². The van der Waals surface area contributed by atoms with Crippen LogP contribution in [0.5, 0.6) is 0 Å². The van der Waals surface area contributed by atoms with Crippen LogP contribution in [-0.2, 0) is 14.3 Å². The number of hydrogen-bond donors (Lipinski definition) is 0. The van der Waals surface area contributed by atoms with Gasteiger partial charge in [0.1, 0.15) is 11.0 Å². The standard InChI is InChI=1S/C14H18O3/c1-8-4-6-10-13(2,3)17-12(16)14(10)9(8)5-7-11(14)15/h9-10H,1,4-7H2,2-3H3/t9-,10+,14+/m1/s1. The molecule has 0 aromatic heterocycles. The molecule has 3 fully saturated rings. The maximum atomic E-state index is 12.3. The lowest BCUT2D eigenvalue weighted by Gasteiger charge is -2.40. The zero-order valence-corrected chi connectivity index (χ0v) is 10.4. The lowest BCUT2D eigenvalue weighted by Crippen LogP contribution is -2.48. The molecule has 3 heteroatoms. The van der Waals surface area contributed by atoms with Crippen LogP contribution in [0.2, 0.25) is 0 Å². The van der Waals surface area contributed by atoms with Crippen molar-refractivity contribution in [1.82, 2.24) is 0 Å². The minimum atomic E-state index is -0.876. The molecule has 0 N–H and O–H groups in total. The Morgan fingerprint density at radius 2 is 1.94 bits per heavy atom. The molecule has 0 aromatic carbocycles. The van der Waals surface area contributed by atoms with Crippen LogP contribution in [0.1, 0.15) is 39.5 Å². The highest BCUT2D eigenvalue weighted by Crippen LogP contribution is 2.62. The van der Waals surface area contributed by atoms with Crippen LogP contribution < -0.4 is 0 Å². The first-order valence-electron chi connectivity index (χ1n) is 6.35. The van der Waals surface area contributed by atoms with Crippen molar-refractivity contribution in [3.05, 3.63) is 12.2 Å². The predicted molar refractivity (Wildman–Crippen MR) is 62.2 cm³/mol. The number of Topliss-reactive ketones (excluding diaryl/α,β-unsaturated/α-hetero) is 1. The first-order valence-corrected chi connectivity index (χ1v) is 6.35. The zero-order chi connectivity index (χ0) is 12.4. The summed E-state index contributed by atoms with van der Waals surface area (Å²) in [4.78, 5) is 24.6. The van der Waals surface area contributed by atoms with Crippen molar-refractivity contribution < 1.29 is 14.3 Å². The molecule has 2 saturated carbocycles. The summed E-state index contributed by atoms with van der Waals surface area (Å²) in [6.07, 6.45) is 3.05. The van der Waals surface area contributed by atoms with Crippen LogP contribution in [0.25, 0.3) is 0 Å². The molecule has 3 nitrogen and oxygen atoms in total. The number of hydrogen-bond acceptors (Lipinski definition) is 3. The van der Waals surface area contributed by atoms with E-state index in [0.717, 1.165) is 24.8 Å². The van der Waals surface area contributed by atoms with Crippen molar-refractivity contribution in [3.63, 3.8) is 0 Å². The normalized spacial score (nSPS) is 43.3. The fraction of sp³-hybridized carbons (Fsp3) is 0.714. The molecule has 1 heterocycles. The van der Waals surface area contributed by atoms with E-state index in [2.05, 4.69) is 6.58 Å². The van der Waals surface area contributed by atoms with Gasteiger partial charge >= 0.3 is 5.97 Å². The van der Waals surface area contributed by atoms with Crippen molar-refractivity contribution in [2.24, 2.45) is 17.3 Å². The molecule has 0 bridgehead atoms. The van der Waals surface area contributed by atoms with Gasteiger partial charge in [-0.25, -0.2) is 0 Å². The van der Waals surface area contributed by atoms with E-state index in [-0.39, 0.29) is 23.6 Å². The summed E-state index contributed by atoms with van der Waals surface area (Å²) in [5.41, 5.74) is -0.309. The van der Waals surface area contributed by atoms with Crippen molar-refractivity contribution in [1.29, 1.82) is 0 Å². The van der Waals surface area contributed by atoms with Crippen LogP contribution >= 0.6 is 0 Å². The second-order valence-electron chi connectivity index (χ2n) is 6.13. The van der Waals surface area contributed by atoms with Gasteiger partial charge < -0.3 is 4.74 Å². The molecule has 0 aromatic rings. The first-order chi connectivity index (χ1) is 7.90. The van der Waals surface area contributed by atoms with E-state index in [0.29, 0.717) is 6.42 Å². The number of cyclic esters (lactones) is 1. The Morgan fingerprint density at radius 1 is 1.24 bits per heavy atom. The molecule has 92 valence electrons. The van der Waals surface area contributed by atoms with Gasteiger partial charge in [0.2, 0.25) is 0 Å². The molecule has 1 saturated heterocycles. The van der Waals surface area contributed by atoms with Crippen LogP contribution in [0.15, 0.2) is 12.2 Å². The summed E-state index contributed by atoms with van der Waals surface area (Å²) in [7, 11) is 0. The van der Waals surface area contributed by atoms with Crippen molar-refractivity contribution in [2.45, 2.75) is 45.1 Å². The van der Waals surface area contributed by atoms with Gasteiger partial charge in [0.05, 0.1) is 0 Å². The molecule has 0 amide bonds. The highest BCUT2D eigenvalue weighted by molar-refractivity contribution is 6.08. The SMILES string of the molecule is C=C1CC[C@H]2C(C)(C)OC(=O)[C@]23C(=O)CC[C@H]13. The third kappa shape index (κ3) is 1.08. The van der Waals surface area contributed by atoms with Gasteiger partial charge in [0, 0.05) is 18.3 Å². The quantitative estimate of drug-likeness (QED) is 0.367. The Morgan fingerprint density at radius 3 is 2.65 bits per heavy atom. The van der Waals surface area contributed by atoms with Gasteiger partial charge in [0.15, 0.2) is 5.78 Å². The smallest absolute Gasteiger partial charge is 0.321 e. The summed E-state index contributed by atoms with van der Waals surface area (Å²) in [5, 5.41) is 0. The van der Waals surface area contributed by atoms with Gasteiger partial charge in [-0.3, -0.25) is 9.59 Å². The van der Waals surface area contributed by atoms with Crippen LogP contribution in [0.4, 0.5) is 0 Å². The largest absolute Gasteiger partial charge is 0.459 e. The van der Waals surface area contributed by atoms with E-state index in [1.165, 1.54) is 0 Å². The van der Waals surface area contributed by atoms with E-state index in [4.69, 9.17) is 4.74 Å². The molecule has 1 aliphatic heterocycles. The molecule has 1 spiro atoms. The van der Waals surface area contributed by atoms with Crippen molar-refractivity contribution in [2.75, 3.05) is 0 Å². The Labute approximate surface area is 101 Å². The average molecular weight is 234 g/mol. The van der Waals surface area contributed by atoms with Gasteiger partial charge in [-0.1, -0.05) is 12.2 Å². The monoisotopic (exact) mass is 234 g/mol. The number of carbonyl (C=O) groups excluding carboxylic acids is 2. The van der Waals surface area contributed by atoms with Gasteiger partial charge in [-0.05, 0) is 33.1 Å². The summed E-state index contributed by atoms with van der Waals surface area (Å²) in [5.74, 6) is -0.138. The molecule has 0 unspecified atom stereocenters. The van der Waals surface area contributed by atoms with Gasteiger partial charge in [-0.15, -0.1) is 0 Å². The van der Waals surface area contributed by atoms with Gasteiger partial charge in [-0.2, -0.15) is 0 Å². The number of ether oxygens (including phenoxy) is 1. The van der Waals surface area contributed by atoms with Crippen LogP contribution in [-0.4, -0.2) is 17.4 Å². The second kappa shape index (κ2) is 3.01. The number of ketones is 1. The zero-order valence-electron chi connectivity index (χ0n) is 10.4. The van der Waals surface area contributed by atoms with Gasteiger partial charge in [0.25, 0.3) is 0 Å². The molecule has 2 aliphatic carbocycles. The molecular weight excluding hydrogens is 216 g/mol. The Balaban J connectivity index is 2.19. The topological polar surface area (TPSA) is 43.4 Å².